The first kappa shape index (κ1) is 20.3. The number of hydrogen-bond acceptors (Lipinski definition) is 2. The van der Waals surface area contributed by atoms with E-state index in [1.165, 1.54) is 77.0 Å². The molecule has 0 N–H and O–H groups in total. The molecule has 1 rings (SSSR count). The van der Waals surface area contributed by atoms with Gasteiger partial charge in [-0.05, 0) is 46.0 Å². The number of ether oxygens (including phenoxy) is 1. The average Bonchev–Trinajstić information content (AvgIpc) is 2.87. The molecule has 2 heteroatoms. The van der Waals surface area contributed by atoms with Crippen molar-refractivity contribution in [3.63, 3.8) is 0 Å². The molecular weight excluding hydrogens is 282 g/mol. The lowest BCUT2D eigenvalue weighted by atomic mass is 10.1. The Bertz CT molecular complexity index is 344. The van der Waals surface area contributed by atoms with Gasteiger partial charge in [0.05, 0.1) is 5.54 Å². The van der Waals surface area contributed by atoms with Gasteiger partial charge in [0, 0.05) is 6.42 Å². The monoisotopic (exact) mass is 321 g/mol. The van der Waals surface area contributed by atoms with E-state index in [4.69, 9.17) is 4.74 Å². The summed E-state index contributed by atoms with van der Waals surface area (Å²) in [6.07, 6.45) is 21.9. The van der Waals surface area contributed by atoms with Gasteiger partial charge in [0.25, 0.3) is 0 Å². The van der Waals surface area contributed by atoms with Crippen molar-refractivity contribution in [2.75, 3.05) is 6.61 Å². The van der Waals surface area contributed by atoms with Crippen LogP contribution in [0.4, 0.5) is 0 Å². The highest BCUT2D eigenvalue weighted by Gasteiger charge is 2.25. The van der Waals surface area contributed by atoms with Crippen molar-refractivity contribution in [3.8, 4) is 0 Å². The summed E-state index contributed by atoms with van der Waals surface area (Å²) in [7, 11) is 0. The van der Waals surface area contributed by atoms with Crippen LogP contribution in [0.25, 0.3) is 0 Å². The van der Waals surface area contributed by atoms with Crippen LogP contribution in [0.2, 0.25) is 0 Å². The molecule has 1 aliphatic rings. The quantitative estimate of drug-likeness (QED) is 0.253. The van der Waals surface area contributed by atoms with Crippen LogP contribution in [0.3, 0.4) is 0 Å². The number of aliphatic imine (C=N–C) groups is 1. The first-order chi connectivity index (χ1) is 11.1. The molecule has 134 valence electrons. The van der Waals surface area contributed by atoms with Crippen molar-refractivity contribution in [1.82, 2.24) is 0 Å². The van der Waals surface area contributed by atoms with E-state index in [1.54, 1.807) is 0 Å². The van der Waals surface area contributed by atoms with E-state index in [0.717, 1.165) is 18.9 Å². The van der Waals surface area contributed by atoms with Crippen LogP contribution in [-0.2, 0) is 4.74 Å². The largest absolute Gasteiger partial charge is 0.478 e. The van der Waals surface area contributed by atoms with Crippen LogP contribution >= 0.6 is 0 Å². The zero-order valence-electron chi connectivity index (χ0n) is 15.9. The Hall–Kier alpha value is -0.790. The molecule has 23 heavy (non-hydrogen) atoms. The highest BCUT2D eigenvalue weighted by Crippen LogP contribution is 2.19. The van der Waals surface area contributed by atoms with E-state index in [0.29, 0.717) is 0 Å². The third-order valence-electron chi connectivity index (χ3n) is 4.42. The zero-order chi connectivity index (χ0) is 16.8. The van der Waals surface area contributed by atoms with E-state index >= 15 is 0 Å². The van der Waals surface area contributed by atoms with Gasteiger partial charge in [0.15, 0.2) is 5.90 Å². The molecule has 0 aliphatic carbocycles. The van der Waals surface area contributed by atoms with Crippen LogP contribution in [0.1, 0.15) is 104 Å². The van der Waals surface area contributed by atoms with Gasteiger partial charge in [-0.2, -0.15) is 0 Å². The van der Waals surface area contributed by atoms with Crippen molar-refractivity contribution >= 4 is 5.90 Å². The Morgan fingerprint density at radius 3 is 2.00 bits per heavy atom. The predicted octanol–water partition coefficient (Wildman–Crippen LogP) is 6.84. The molecule has 0 saturated heterocycles. The van der Waals surface area contributed by atoms with Crippen LogP contribution in [0, 0.1) is 0 Å². The predicted molar refractivity (Wildman–Crippen MR) is 102 cm³/mol. The standard InChI is InChI=1S/C21H39NO/c1-4-5-6-7-8-9-10-11-12-13-14-15-16-17-18-20-22-21(2,3)19-23-20/h10-11H,4-9,12-19H2,1-3H3/b11-10-. The number of allylic oxidation sites excluding steroid dienone is 2. The fraction of sp³-hybridized carbons (Fsp3) is 0.857. The Morgan fingerprint density at radius 2 is 1.43 bits per heavy atom. The van der Waals surface area contributed by atoms with E-state index in [9.17, 15) is 0 Å². The minimum atomic E-state index is 0.0116. The van der Waals surface area contributed by atoms with E-state index in [1.807, 2.05) is 0 Å². The van der Waals surface area contributed by atoms with Gasteiger partial charge in [0.2, 0.25) is 0 Å². The summed E-state index contributed by atoms with van der Waals surface area (Å²) >= 11 is 0. The first-order valence-electron chi connectivity index (χ1n) is 10.0. The van der Waals surface area contributed by atoms with Crippen molar-refractivity contribution in [2.45, 2.75) is 110 Å². The normalized spacial score (nSPS) is 16.7. The SMILES string of the molecule is CCCCCCC/C=C\CCCCCCCC1=NC(C)(C)CO1. The van der Waals surface area contributed by atoms with Gasteiger partial charge in [0.1, 0.15) is 6.61 Å². The minimum Gasteiger partial charge on any atom is -0.478 e. The highest BCUT2D eigenvalue weighted by molar-refractivity contribution is 5.78. The van der Waals surface area contributed by atoms with Gasteiger partial charge >= 0.3 is 0 Å². The molecule has 2 nitrogen and oxygen atoms in total. The third-order valence-corrected chi connectivity index (χ3v) is 4.42. The van der Waals surface area contributed by atoms with E-state index in [2.05, 4.69) is 37.9 Å². The van der Waals surface area contributed by atoms with E-state index in [-0.39, 0.29) is 5.54 Å². The molecule has 0 spiro atoms. The maximum atomic E-state index is 5.62. The zero-order valence-corrected chi connectivity index (χ0v) is 15.9. The summed E-state index contributed by atoms with van der Waals surface area (Å²) in [6.45, 7) is 7.31. The molecule has 0 aromatic rings. The molecule has 0 aromatic heterocycles. The molecule has 0 fully saturated rings. The van der Waals surface area contributed by atoms with Gasteiger partial charge < -0.3 is 4.74 Å². The second-order valence-corrected chi connectivity index (χ2v) is 7.59. The number of rotatable bonds is 14. The molecule has 0 saturated carbocycles. The number of nitrogens with zero attached hydrogens (tertiary/aromatic N) is 1. The average molecular weight is 322 g/mol. The molecule has 0 unspecified atom stereocenters. The van der Waals surface area contributed by atoms with Gasteiger partial charge in [-0.1, -0.05) is 64.0 Å². The summed E-state index contributed by atoms with van der Waals surface area (Å²) in [5.74, 6) is 0.983. The summed E-state index contributed by atoms with van der Waals surface area (Å²) in [4.78, 5) is 4.60. The number of unbranched alkanes of at least 4 members (excludes halogenated alkanes) is 10. The third kappa shape index (κ3) is 11.4. The Labute approximate surface area is 144 Å². The fourth-order valence-corrected chi connectivity index (χ4v) is 2.96. The van der Waals surface area contributed by atoms with Crippen molar-refractivity contribution in [1.29, 1.82) is 0 Å². The molecule has 0 atom stereocenters. The smallest absolute Gasteiger partial charge is 0.183 e. The van der Waals surface area contributed by atoms with Crippen LogP contribution in [0.5, 0.6) is 0 Å². The lowest BCUT2D eigenvalue weighted by Gasteiger charge is -2.07. The summed E-state index contributed by atoms with van der Waals surface area (Å²) < 4.78 is 5.62. The maximum absolute atomic E-state index is 5.62. The van der Waals surface area contributed by atoms with Gasteiger partial charge in [-0.25, -0.2) is 4.99 Å². The number of hydrogen-bond donors (Lipinski definition) is 0. The molecule has 0 amide bonds. The Balaban J connectivity index is 1.81. The lowest BCUT2D eigenvalue weighted by Crippen LogP contribution is -2.17. The fourth-order valence-electron chi connectivity index (χ4n) is 2.96. The highest BCUT2D eigenvalue weighted by atomic mass is 16.5. The molecule has 0 aromatic carbocycles. The summed E-state index contributed by atoms with van der Waals surface area (Å²) in [5, 5.41) is 0. The first-order valence-corrected chi connectivity index (χ1v) is 10.0. The Morgan fingerprint density at radius 1 is 0.870 bits per heavy atom. The van der Waals surface area contributed by atoms with Crippen LogP contribution in [0.15, 0.2) is 17.1 Å². The van der Waals surface area contributed by atoms with Crippen molar-refractivity contribution < 1.29 is 4.74 Å². The minimum absolute atomic E-state index is 0.0116. The van der Waals surface area contributed by atoms with Crippen LogP contribution in [-0.4, -0.2) is 18.0 Å². The Kier molecular flexibility index (Phi) is 11.1. The van der Waals surface area contributed by atoms with Crippen molar-refractivity contribution in [2.24, 2.45) is 4.99 Å². The van der Waals surface area contributed by atoms with Crippen molar-refractivity contribution in [3.05, 3.63) is 12.2 Å². The second kappa shape index (κ2) is 12.6. The van der Waals surface area contributed by atoms with E-state index < -0.39 is 0 Å². The molecule has 0 bridgehead atoms. The molecule has 1 aliphatic heterocycles. The topological polar surface area (TPSA) is 21.6 Å². The maximum Gasteiger partial charge on any atom is 0.183 e. The lowest BCUT2D eigenvalue weighted by molar-refractivity contribution is 0.273. The molecule has 0 radical (unpaired) electrons. The van der Waals surface area contributed by atoms with Crippen LogP contribution < -0.4 is 0 Å². The summed E-state index contributed by atoms with van der Waals surface area (Å²) in [5.41, 5.74) is 0.0116. The second-order valence-electron chi connectivity index (χ2n) is 7.59. The molecular formula is C21H39NO. The van der Waals surface area contributed by atoms with Gasteiger partial charge in [-0.15, -0.1) is 0 Å². The summed E-state index contributed by atoms with van der Waals surface area (Å²) in [6, 6.07) is 0. The van der Waals surface area contributed by atoms with Gasteiger partial charge in [-0.3, -0.25) is 0 Å². The molecule has 1 heterocycles.